The van der Waals surface area contributed by atoms with Gasteiger partial charge < -0.3 is 9.84 Å². The summed E-state index contributed by atoms with van der Waals surface area (Å²) >= 11 is 5.84. The molecule has 0 aliphatic rings. The molecule has 1 aromatic carbocycles. The van der Waals surface area contributed by atoms with Crippen LogP contribution in [0.25, 0.3) is 0 Å². The molecule has 1 unspecified atom stereocenters. The first-order chi connectivity index (χ1) is 8.66. The van der Waals surface area contributed by atoms with Crippen LogP contribution in [0, 0.1) is 0 Å². The minimum atomic E-state index is -0.759. The molecule has 0 aliphatic heterocycles. The van der Waals surface area contributed by atoms with E-state index in [-0.39, 0.29) is 11.8 Å². The predicted molar refractivity (Wildman–Crippen MR) is 71.5 cm³/mol. The van der Waals surface area contributed by atoms with Crippen molar-refractivity contribution in [3.63, 3.8) is 0 Å². The highest BCUT2D eigenvalue weighted by Crippen LogP contribution is 2.22. The van der Waals surface area contributed by atoms with E-state index in [2.05, 4.69) is 4.98 Å². The fourth-order valence-corrected chi connectivity index (χ4v) is 1.68. The zero-order valence-electron chi connectivity index (χ0n) is 9.58. The highest BCUT2D eigenvalue weighted by molar-refractivity contribution is 6.32. The number of rotatable bonds is 4. The van der Waals surface area contributed by atoms with Gasteiger partial charge in [-0.1, -0.05) is 41.3 Å². The maximum absolute atomic E-state index is 9.95. The van der Waals surface area contributed by atoms with E-state index in [9.17, 15) is 5.11 Å². The Morgan fingerprint density at radius 1 is 1.33 bits per heavy atom. The molecule has 1 atom stereocenters. The molecule has 0 bridgehead atoms. The number of ether oxygens (including phenoxy) is 1. The van der Waals surface area contributed by atoms with Crippen molar-refractivity contribution in [2.75, 3.05) is 6.61 Å². The molecule has 90 valence electrons. The van der Waals surface area contributed by atoms with Crippen LogP contribution in [0.15, 0.2) is 42.6 Å². The Morgan fingerprint density at radius 2 is 2.17 bits per heavy atom. The van der Waals surface area contributed by atoms with Crippen molar-refractivity contribution in [3.8, 4) is 5.75 Å². The summed E-state index contributed by atoms with van der Waals surface area (Å²) in [7, 11) is 5.64. The Bertz CT molecular complexity index is 536. The first kappa shape index (κ1) is 12.9. The highest BCUT2D eigenvalue weighted by Gasteiger charge is 2.09. The zero-order chi connectivity index (χ0) is 13.0. The number of halogens is 1. The summed E-state index contributed by atoms with van der Waals surface area (Å²) in [5.74, 6) is 0.446. The normalized spacial score (nSPS) is 12.1. The maximum Gasteiger partial charge on any atom is 0.171 e. The fraction of sp³-hybridized carbons (Fsp3) is 0.154. The second-order valence-electron chi connectivity index (χ2n) is 3.79. The van der Waals surface area contributed by atoms with Gasteiger partial charge in [0, 0.05) is 6.20 Å². The number of hydrogen-bond donors (Lipinski definition) is 1. The highest BCUT2D eigenvalue weighted by atomic mass is 35.5. The SMILES string of the molecule is [B]c1cccc(C(O)COc2cccnc2Cl)c1. The van der Waals surface area contributed by atoms with Gasteiger partial charge in [0.1, 0.15) is 20.6 Å². The minimum Gasteiger partial charge on any atom is -0.487 e. The standard InChI is InChI=1S/C13H11BClNO2/c14-10-4-1-3-9(7-10)11(17)8-18-12-5-2-6-16-13(12)15/h1-7,11,17H,8H2. The largest absolute Gasteiger partial charge is 0.487 e. The average Bonchev–Trinajstić information content (AvgIpc) is 2.37. The lowest BCUT2D eigenvalue weighted by atomic mass is 9.93. The van der Waals surface area contributed by atoms with Gasteiger partial charge in [-0.2, -0.15) is 0 Å². The Kier molecular flexibility index (Phi) is 4.23. The van der Waals surface area contributed by atoms with Crippen molar-refractivity contribution in [1.29, 1.82) is 0 Å². The molecule has 2 rings (SSSR count). The van der Waals surface area contributed by atoms with E-state index in [0.717, 1.165) is 0 Å². The van der Waals surface area contributed by atoms with Crippen LogP contribution in [0.2, 0.25) is 5.15 Å². The van der Waals surface area contributed by atoms with Crippen LogP contribution in [0.5, 0.6) is 5.75 Å². The number of aliphatic hydroxyl groups is 1. The number of hydrogen-bond acceptors (Lipinski definition) is 3. The van der Waals surface area contributed by atoms with E-state index in [1.807, 2.05) is 0 Å². The van der Waals surface area contributed by atoms with Crippen molar-refractivity contribution in [3.05, 3.63) is 53.3 Å². The second kappa shape index (κ2) is 5.89. The first-order valence-corrected chi connectivity index (χ1v) is 5.81. The van der Waals surface area contributed by atoms with E-state index in [4.69, 9.17) is 24.2 Å². The molecule has 1 heterocycles. The number of aliphatic hydroxyl groups excluding tert-OH is 1. The molecule has 0 amide bonds. The van der Waals surface area contributed by atoms with Gasteiger partial charge in [-0.3, -0.25) is 0 Å². The van der Waals surface area contributed by atoms with Crippen LogP contribution in [-0.4, -0.2) is 24.5 Å². The summed E-state index contributed by atoms with van der Waals surface area (Å²) < 4.78 is 5.41. The van der Waals surface area contributed by atoms with Gasteiger partial charge >= 0.3 is 0 Å². The number of benzene rings is 1. The monoisotopic (exact) mass is 259 g/mol. The van der Waals surface area contributed by atoms with Crippen LogP contribution in [0.1, 0.15) is 11.7 Å². The molecular formula is C13H11BClNO2. The van der Waals surface area contributed by atoms with Crippen LogP contribution in [-0.2, 0) is 0 Å². The summed E-state index contributed by atoms with van der Waals surface area (Å²) in [5, 5.41) is 10.2. The lowest BCUT2D eigenvalue weighted by molar-refractivity contribution is 0.108. The third-order valence-corrected chi connectivity index (χ3v) is 2.70. The number of pyridine rings is 1. The van der Waals surface area contributed by atoms with Crippen molar-refractivity contribution in [2.24, 2.45) is 0 Å². The van der Waals surface area contributed by atoms with Gasteiger partial charge in [0.25, 0.3) is 0 Å². The minimum absolute atomic E-state index is 0.0921. The molecule has 0 saturated heterocycles. The summed E-state index contributed by atoms with van der Waals surface area (Å²) in [6, 6.07) is 10.4. The van der Waals surface area contributed by atoms with E-state index in [1.165, 1.54) is 0 Å². The van der Waals surface area contributed by atoms with Crippen LogP contribution >= 0.6 is 11.6 Å². The van der Waals surface area contributed by atoms with Crippen molar-refractivity contribution in [1.82, 2.24) is 4.98 Å². The zero-order valence-corrected chi connectivity index (χ0v) is 10.3. The number of nitrogens with zero attached hydrogens (tertiary/aromatic N) is 1. The van der Waals surface area contributed by atoms with E-state index < -0.39 is 6.10 Å². The molecule has 0 spiro atoms. The van der Waals surface area contributed by atoms with Gasteiger partial charge in [-0.25, -0.2) is 4.98 Å². The van der Waals surface area contributed by atoms with Gasteiger partial charge in [0.05, 0.1) is 0 Å². The Morgan fingerprint density at radius 3 is 2.89 bits per heavy atom. The summed E-state index contributed by atoms with van der Waals surface area (Å²) in [6.07, 6.45) is 0.813. The summed E-state index contributed by atoms with van der Waals surface area (Å²) in [4.78, 5) is 3.88. The Labute approximate surface area is 112 Å². The van der Waals surface area contributed by atoms with Gasteiger partial charge in [0.2, 0.25) is 0 Å². The predicted octanol–water partition coefficient (Wildman–Crippen LogP) is 1.64. The topological polar surface area (TPSA) is 42.4 Å². The molecule has 2 aromatic rings. The summed E-state index contributed by atoms with van der Waals surface area (Å²) in [5.41, 5.74) is 1.31. The molecule has 2 radical (unpaired) electrons. The Balaban J connectivity index is 2.00. The van der Waals surface area contributed by atoms with E-state index >= 15 is 0 Å². The average molecular weight is 260 g/mol. The lowest BCUT2D eigenvalue weighted by Gasteiger charge is -2.13. The van der Waals surface area contributed by atoms with Gasteiger partial charge in [-0.15, -0.1) is 0 Å². The van der Waals surface area contributed by atoms with Crippen molar-refractivity contribution in [2.45, 2.75) is 6.10 Å². The van der Waals surface area contributed by atoms with E-state index in [0.29, 0.717) is 16.8 Å². The van der Waals surface area contributed by atoms with Crippen molar-refractivity contribution < 1.29 is 9.84 Å². The molecule has 0 saturated carbocycles. The molecule has 1 N–H and O–H groups in total. The third-order valence-electron chi connectivity index (χ3n) is 2.42. The molecule has 5 heteroatoms. The smallest absolute Gasteiger partial charge is 0.171 e. The van der Waals surface area contributed by atoms with Crippen LogP contribution < -0.4 is 10.2 Å². The second-order valence-corrected chi connectivity index (χ2v) is 4.15. The first-order valence-electron chi connectivity index (χ1n) is 5.43. The Hall–Kier alpha value is -1.52. The maximum atomic E-state index is 9.95. The van der Waals surface area contributed by atoms with Gasteiger partial charge in [-0.05, 0) is 17.7 Å². The number of aromatic nitrogens is 1. The molecule has 0 fully saturated rings. The van der Waals surface area contributed by atoms with E-state index in [1.54, 1.807) is 42.6 Å². The van der Waals surface area contributed by atoms with Gasteiger partial charge in [0.15, 0.2) is 10.9 Å². The molecule has 0 aliphatic carbocycles. The van der Waals surface area contributed by atoms with Crippen molar-refractivity contribution >= 4 is 24.9 Å². The van der Waals surface area contributed by atoms with Crippen LogP contribution in [0.4, 0.5) is 0 Å². The summed E-state index contributed by atoms with van der Waals surface area (Å²) in [6.45, 7) is 0.0921. The lowest BCUT2D eigenvalue weighted by Crippen LogP contribution is -2.12. The third kappa shape index (κ3) is 3.25. The quantitative estimate of drug-likeness (QED) is 0.670. The molecule has 18 heavy (non-hydrogen) atoms. The molecule has 3 nitrogen and oxygen atoms in total. The molecular weight excluding hydrogens is 248 g/mol. The van der Waals surface area contributed by atoms with Crippen LogP contribution in [0.3, 0.4) is 0 Å². The molecule has 1 aromatic heterocycles. The fourth-order valence-electron chi connectivity index (χ4n) is 1.51.